The number of hydrogen-bond acceptors (Lipinski definition) is 5. The Bertz CT molecular complexity index is 944. The van der Waals surface area contributed by atoms with Crippen molar-refractivity contribution in [3.05, 3.63) is 51.5 Å². The number of fused-ring (bicyclic) bond motifs is 2. The van der Waals surface area contributed by atoms with Crippen LogP contribution >= 0.6 is 11.3 Å². The third kappa shape index (κ3) is 4.53. The summed E-state index contributed by atoms with van der Waals surface area (Å²) >= 11 is 1.71. The van der Waals surface area contributed by atoms with E-state index in [1.807, 2.05) is 23.7 Å². The predicted molar refractivity (Wildman–Crippen MR) is 121 cm³/mol. The molecule has 3 N–H and O–H groups in total. The first-order valence-electron chi connectivity index (χ1n) is 11.3. The molecule has 4 atom stereocenters. The van der Waals surface area contributed by atoms with Crippen molar-refractivity contribution in [2.45, 2.75) is 69.9 Å². The van der Waals surface area contributed by atoms with Crippen LogP contribution in [0, 0.1) is 5.92 Å². The van der Waals surface area contributed by atoms with E-state index in [1.165, 1.54) is 10.6 Å². The molecular formula is C24H31N3O3S. The number of carbonyl (C=O) groups is 2. The summed E-state index contributed by atoms with van der Waals surface area (Å²) in [6.45, 7) is 3.05. The number of carboxylic acid groups (broad SMARTS) is 1. The molecule has 4 rings (SSSR count). The lowest BCUT2D eigenvalue weighted by Crippen LogP contribution is -2.50. The molecule has 0 radical (unpaired) electrons. The Morgan fingerprint density at radius 3 is 2.87 bits per heavy atom. The van der Waals surface area contributed by atoms with Crippen LogP contribution in [0.4, 0.5) is 0 Å². The van der Waals surface area contributed by atoms with E-state index in [4.69, 9.17) is 5.73 Å². The lowest BCUT2D eigenvalue weighted by molar-refractivity contribution is -0.143. The average Bonchev–Trinajstić information content (AvgIpc) is 3.37. The summed E-state index contributed by atoms with van der Waals surface area (Å²) in [4.78, 5) is 32.4. The highest BCUT2D eigenvalue weighted by Gasteiger charge is 2.45. The molecule has 0 aliphatic heterocycles. The average molecular weight is 442 g/mol. The van der Waals surface area contributed by atoms with Crippen molar-refractivity contribution in [1.29, 1.82) is 0 Å². The molecule has 0 spiro atoms. The number of amides is 1. The minimum absolute atomic E-state index is 0.0309. The molecule has 1 amide bonds. The van der Waals surface area contributed by atoms with Gasteiger partial charge in [0.25, 0.3) is 0 Å². The van der Waals surface area contributed by atoms with Crippen molar-refractivity contribution < 1.29 is 14.7 Å². The Hall–Kier alpha value is -2.25. The highest BCUT2D eigenvalue weighted by atomic mass is 32.1. The van der Waals surface area contributed by atoms with Gasteiger partial charge >= 0.3 is 5.97 Å². The van der Waals surface area contributed by atoms with Crippen LogP contribution in [-0.2, 0) is 28.9 Å². The number of carbonyl (C=O) groups excluding carboxylic acids is 1. The fourth-order valence-electron chi connectivity index (χ4n) is 5.63. The van der Waals surface area contributed by atoms with Crippen molar-refractivity contribution in [3.63, 3.8) is 0 Å². The molecule has 1 heterocycles. The van der Waals surface area contributed by atoms with Gasteiger partial charge in [0.05, 0.1) is 17.1 Å². The number of nitrogens with zero attached hydrogens (tertiary/aromatic N) is 2. The van der Waals surface area contributed by atoms with Crippen LogP contribution in [0.3, 0.4) is 0 Å². The SMILES string of the molecule is CCCN(C1CCc2ncsc2C1)C(CCC(N)=O)C1c2ccccc2CC1C(=O)O. The number of carboxylic acids is 1. The molecule has 2 aromatic rings. The number of nitrogens with two attached hydrogens (primary N) is 1. The summed E-state index contributed by atoms with van der Waals surface area (Å²) in [5.74, 6) is -1.69. The van der Waals surface area contributed by atoms with Crippen molar-refractivity contribution in [3.8, 4) is 0 Å². The first-order chi connectivity index (χ1) is 15.0. The van der Waals surface area contributed by atoms with Crippen LogP contribution in [0.1, 0.15) is 60.2 Å². The predicted octanol–water partition coefficient (Wildman–Crippen LogP) is 3.39. The Labute approximate surface area is 187 Å². The van der Waals surface area contributed by atoms with E-state index in [0.717, 1.165) is 43.4 Å². The number of primary amides is 1. The number of aryl methyl sites for hydroxylation is 1. The second-order valence-electron chi connectivity index (χ2n) is 8.80. The standard InChI is InChI=1S/C24H31N3O3S/c1-2-11-27(16-7-8-19-21(13-16)31-14-26-19)20(9-10-22(25)28)23-17-6-4-3-5-15(17)12-18(23)24(29)30/h3-6,14,16,18,20,23H,2,7-13H2,1H3,(H2,25,28)(H,29,30). The Kier molecular flexibility index (Phi) is 6.72. The van der Waals surface area contributed by atoms with Gasteiger partial charge in [-0.1, -0.05) is 31.2 Å². The van der Waals surface area contributed by atoms with Crippen LogP contribution in [0.25, 0.3) is 0 Å². The number of aliphatic carboxylic acids is 1. The second kappa shape index (κ2) is 9.49. The molecule has 166 valence electrons. The quantitative estimate of drug-likeness (QED) is 0.622. The monoisotopic (exact) mass is 441 g/mol. The molecular weight excluding hydrogens is 410 g/mol. The minimum atomic E-state index is -0.755. The Balaban J connectivity index is 1.71. The second-order valence-corrected chi connectivity index (χ2v) is 9.74. The molecule has 0 bridgehead atoms. The highest BCUT2D eigenvalue weighted by molar-refractivity contribution is 7.09. The van der Waals surface area contributed by atoms with Crippen molar-refractivity contribution in [2.75, 3.05) is 6.54 Å². The van der Waals surface area contributed by atoms with Gasteiger partial charge in [-0.05, 0) is 56.2 Å². The molecule has 4 unspecified atom stereocenters. The molecule has 2 aliphatic carbocycles. The molecule has 0 saturated heterocycles. The molecule has 7 heteroatoms. The zero-order chi connectivity index (χ0) is 22.0. The fourth-order valence-corrected chi connectivity index (χ4v) is 6.51. The summed E-state index contributed by atoms with van der Waals surface area (Å²) in [7, 11) is 0. The van der Waals surface area contributed by atoms with E-state index in [1.54, 1.807) is 11.3 Å². The molecule has 0 saturated carbocycles. The maximum Gasteiger partial charge on any atom is 0.307 e. The smallest absolute Gasteiger partial charge is 0.307 e. The van der Waals surface area contributed by atoms with Gasteiger partial charge in [0.15, 0.2) is 0 Å². The van der Waals surface area contributed by atoms with Gasteiger partial charge < -0.3 is 10.8 Å². The fraction of sp³-hybridized carbons (Fsp3) is 0.542. The topological polar surface area (TPSA) is 96.5 Å². The molecule has 1 aromatic heterocycles. The first-order valence-corrected chi connectivity index (χ1v) is 12.1. The van der Waals surface area contributed by atoms with E-state index in [9.17, 15) is 14.7 Å². The van der Waals surface area contributed by atoms with Crippen LogP contribution in [-0.4, -0.2) is 45.5 Å². The molecule has 1 aromatic carbocycles. The lowest BCUT2D eigenvalue weighted by Gasteiger charge is -2.43. The van der Waals surface area contributed by atoms with Gasteiger partial charge in [-0.15, -0.1) is 11.3 Å². The van der Waals surface area contributed by atoms with Crippen LogP contribution in [0.2, 0.25) is 0 Å². The Morgan fingerprint density at radius 2 is 2.13 bits per heavy atom. The normalized spacial score (nSPS) is 23.4. The van der Waals surface area contributed by atoms with Crippen LogP contribution in [0.5, 0.6) is 0 Å². The third-order valence-electron chi connectivity index (χ3n) is 6.94. The molecule has 2 aliphatic rings. The largest absolute Gasteiger partial charge is 0.481 e. The maximum absolute atomic E-state index is 12.3. The number of benzene rings is 1. The van der Waals surface area contributed by atoms with Gasteiger partial charge in [-0.3, -0.25) is 14.5 Å². The van der Waals surface area contributed by atoms with Gasteiger partial charge in [0, 0.05) is 29.3 Å². The maximum atomic E-state index is 12.3. The van der Waals surface area contributed by atoms with Crippen molar-refractivity contribution >= 4 is 23.2 Å². The first kappa shape index (κ1) is 22.0. The van der Waals surface area contributed by atoms with Crippen LogP contribution in [0.15, 0.2) is 29.8 Å². The molecule has 6 nitrogen and oxygen atoms in total. The van der Waals surface area contributed by atoms with Crippen molar-refractivity contribution in [1.82, 2.24) is 9.88 Å². The lowest BCUT2D eigenvalue weighted by atomic mass is 9.81. The van der Waals surface area contributed by atoms with Gasteiger partial charge in [0.1, 0.15) is 0 Å². The third-order valence-corrected chi connectivity index (χ3v) is 7.84. The van der Waals surface area contributed by atoms with Gasteiger partial charge in [0.2, 0.25) is 5.91 Å². The summed E-state index contributed by atoms with van der Waals surface area (Å²) in [6, 6.07) is 8.39. The van der Waals surface area contributed by atoms with E-state index in [2.05, 4.69) is 22.9 Å². The minimum Gasteiger partial charge on any atom is -0.481 e. The summed E-state index contributed by atoms with van der Waals surface area (Å²) in [5.41, 5.74) is 10.9. The van der Waals surface area contributed by atoms with E-state index in [0.29, 0.717) is 18.9 Å². The number of thiazole rings is 1. The summed E-state index contributed by atoms with van der Waals surface area (Å²) in [6.07, 6.45) is 5.29. The van der Waals surface area contributed by atoms with E-state index in [-0.39, 0.29) is 24.3 Å². The number of aromatic nitrogens is 1. The van der Waals surface area contributed by atoms with Gasteiger partial charge in [-0.2, -0.15) is 0 Å². The molecule has 0 fully saturated rings. The van der Waals surface area contributed by atoms with Gasteiger partial charge in [-0.25, -0.2) is 4.98 Å². The van der Waals surface area contributed by atoms with E-state index < -0.39 is 11.9 Å². The zero-order valence-corrected chi connectivity index (χ0v) is 18.8. The number of hydrogen-bond donors (Lipinski definition) is 2. The summed E-state index contributed by atoms with van der Waals surface area (Å²) < 4.78 is 0. The summed E-state index contributed by atoms with van der Waals surface area (Å²) in [5, 5.41) is 10.1. The number of rotatable bonds is 9. The van der Waals surface area contributed by atoms with E-state index >= 15 is 0 Å². The highest BCUT2D eigenvalue weighted by Crippen LogP contribution is 2.44. The molecule has 31 heavy (non-hydrogen) atoms. The van der Waals surface area contributed by atoms with Crippen LogP contribution < -0.4 is 5.73 Å². The zero-order valence-electron chi connectivity index (χ0n) is 18.0. The Morgan fingerprint density at radius 1 is 1.32 bits per heavy atom. The van der Waals surface area contributed by atoms with Crippen molar-refractivity contribution in [2.24, 2.45) is 11.7 Å².